The third-order valence-electron chi connectivity index (χ3n) is 2.14. The van der Waals surface area contributed by atoms with Crippen molar-refractivity contribution >= 4 is 15.9 Å². The first-order valence-corrected chi connectivity index (χ1v) is 4.85. The van der Waals surface area contributed by atoms with Crippen LogP contribution in [0.5, 0.6) is 0 Å². The summed E-state index contributed by atoms with van der Waals surface area (Å²) < 4.78 is 8.48. The van der Waals surface area contributed by atoms with Gasteiger partial charge in [-0.3, -0.25) is 0 Å². The van der Waals surface area contributed by atoms with E-state index in [2.05, 4.69) is 25.5 Å². The van der Waals surface area contributed by atoms with Crippen molar-refractivity contribution in [3.63, 3.8) is 0 Å². The number of ether oxygens (including phenoxy) is 1. The molecule has 0 amide bonds. The summed E-state index contributed by atoms with van der Waals surface area (Å²) in [6, 6.07) is 0. The minimum absolute atomic E-state index is 0.398. The summed E-state index contributed by atoms with van der Waals surface area (Å²) in [4.78, 5) is 4.19. The molecule has 1 unspecified atom stereocenters. The molecule has 66 valence electrons. The SMILES string of the molecule is Cc1ncn(CC2CCO2)c1Br. The van der Waals surface area contributed by atoms with Gasteiger partial charge in [-0.25, -0.2) is 4.98 Å². The Bertz CT molecular complexity index is 281. The van der Waals surface area contributed by atoms with Gasteiger partial charge in [0.05, 0.1) is 24.7 Å². The molecule has 1 aromatic rings. The van der Waals surface area contributed by atoms with Gasteiger partial charge < -0.3 is 9.30 Å². The van der Waals surface area contributed by atoms with E-state index in [0.29, 0.717) is 6.10 Å². The van der Waals surface area contributed by atoms with E-state index in [0.717, 1.165) is 23.4 Å². The number of hydrogen-bond donors (Lipinski definition) is 0. The average molecular weight is 231 g/mol. The predicted molar refractivity (Wildman–Crippen MR) is 49.0 cm³/mol. The summed E-state index contributed by atoms with van der Waals surface area (Å²) in [5, 5.41) is 0. The lowest BCUT2D eigenvalue weighted by Gasteiger charge is -2.26. The normalized spacial score (nSPS) is 22.3. The molecule has 1 aliphatic heterocycles. The van der Waals surface area contributed by atoms with Gasteiger partial charge in [0.25, 0.3) is 0 Å². The van der Waals surface area contributed by atoms with Crippen molar-refractivity contribution in [3.8, 4) is 0 Å². The van der Waals surface area contributed by atoms with E-state index in [-0.39, 0.29) is 0 Å². The van der Waals surface area contributed by atoms with E-state index in [9.17, 15) is 0 Å². The average Bonchev–Trinajstić information content (AvgIpc) is 2.27. The summed E-state index contributed by atoms with van der Waals surface area (Å²) in [5.74, 6) is 0. The van der Waals surface area contributed by atoms with Gasteiger partial charge in [0.2, 0.25) is 0 Å². The fourth-order valence-electron chi connectivity index (χ4n) is 1.24. The summed E-state index contributed by atoms with van der Waals surface area (Å²) >= 11 is 3.48. The van der Waals surface area contributed by atoms with Gasteiger partial charge in [0.15, 0.2) is 0 Å². The van der Waals surface area contributed by atoms with Crippen molar-refractivity contribution in [2.45, 2.75) is 26.0 Å². The molecule has 0 aromatic carbocycles. The van der Waals surface area contributed by atoms with Crippen LogP contribution in [0.25, 0.3) is 0 Å². The molecule has 0 saturated carbocycles. The first-order chi connectivity index (χ1) is 5.77. The second-order valence-corrected chi connectivity index (χ2v) is 3.81. The largest absolute Gasteiger partial charge is 0.376 e. The molecule has 1 aliphatic rings. The van der Waals surface area contributed by atoms with Crippen LogP contribution in [0.1, 0.15) is 12.1 Å². The van der Waals surface area contributed by atoms with E-state index in [4.69, 9.17) is 4.74 Å². The van der Waals surface area contributed by atoms with Crippen LogP contribution < -0.4 is 0 Å². The smallest absolute Gasteiger partial charge is 0.107 e. The van der Waals surface area contributed by atoms with Crippen molar-refractivity contribution in [1.82, 2.24) is 9.55 Å². The highest BCUT2D eigenvalue weighted by atomic mass is 79.9. The molecule has 2 rings (SSSR count). The van der Waals surface area contributed by atoms with Gasteiger partial charge in [-0.15, -0.1) is 0 Å². The van der Waals surface area contributed by atoms with Crippen LogP contribution in [0.4, 0.5) is 0 Å². The zero-order valence-corrected chi connectivity index (χ0v) is 8.54. The predicted octanol–water partition coefficient (Wildman–Crippen LogP) is 1.74. The highest BCUT2D eigenvalue weighted by Crippen LogP contribution is 2.19. The Balaban J connectivity index is 2.06. The first-order valence-electron chi connectivity index (χ1n) is 4.06. The van der Waals surface area contributed by atoms with E-state index < -0.39 is 0 Å². The first kappa shape index (κ1) is 8.26. The number of imidazole rings is 1. The minimum atomic E-state index is 0.398. The van der Waals surface area contributed by atoms with Gasteiger partial charge in [0.1, 0.15) is 4.60 Å². The second kappa shape index (κ2) is 3.18. The topological polar surface area (TPSA) is 27.1 Å². The fraction of sp³-hybridized carbons (Fsp3) is 0.625. The molecule has 1 aromatic heterocycles. The molecule has 0 aliphatic carbocycles. The molecule has 0 spiro atoms. The number of nitrogens with zero attached hydrogens (tertiary/aromatic N) is 2. The lowest BCUT2D eigenvalue weighted by molar-refractivity contribution is -0.0595. The molecule has 0 bridgehead atoms. The lowest BCUT2D eigenvalue weighted by atomic mass is 10.2. The van der Waals surface area contributed by atoms with Crippen LogP contribution in [0, 0.1) is 6.92 Å². The summed E-state index contributed by atoms with van der Waals surface area (Å²) in [6.07, 6.45) is 3.42. The van der Waals surface area contributed by atoms with E-state index in [1.807, 2.05) is 13.3 Å². The Hall–Kier alpha value is -0.350. The second-order valence-electron chi connectivity index (χ2n) is 3.05. The third-order valence-corrected chi connectivity index (χ3v) is 3.16. The molecule has 0 radical (unpaired) electrons. The molecular formula is C8H11BrN2O. The van der Waals surface area contributed by atoms with E-state index in [1.54, 1.807) is 0 Å². The molecule has 0 N–H and O–H groups in total. The molecule has 2 heterocycles. The highest BCUT2D eigenvalue weighted by Gasteiger charge is 2.19. The van der Waals surface area contributed by atoms with Gasteiger partial charge in [0, 0.05) is 6.61 Å². The summed E-state index contributed by atoms with van der Waals surface area (Å²) in [6.45, 7) is 3.82. The highest BCUT2D eigenvalue weighted by molar-refractivity contribution is 9.10. The molecule has 1 atom stereocenters. The Morgan fingerprint density at radius 2 is 2.58 bits per heavy atom. The quantitative estimate of drug-likeness (QED) is 0.775. The number of hydrogen-bond acceptors (Lipinski definition) is 2. The molecular weight excluding hydrogens is 220 g/mol. The van der Waals surface area contributed by atoms with Gasteiger partial charge >= 0.3 is 0 Å². The maximum Gasteiger partial charge on any atom is 0.107 e. The Morgan fingerprint density at radius 1 is 1.83 bits per heavy atom. The van der Waals surface area contributed by atoms with Crippen LogP contribution in [-0.4, -0.2) is 22.3 Å². The third kappa shape index (κ3) is 1.41. The summed E-state index contributed by atoms with van der Waals surface area (Å²) in [7, 11) is 0. The van der Waals surface area contributed by atoms with Crippen LogP contribution >= 0.6 is 15.9 Å². The number of aryl methyl sites for hydroxylation is 1. The Kier molecular flexibility index (Phi) is 2.19. The molecule has 3 nitrogen and oxygen atoms in total. The molecule has 1 saturated heterocycles. The Labute approximate surface area is 79.9 Å². The Morgan fingerprint density at radius 3 is 3.00 bits per heavy atom. The van der Waals surface area contributed by atoms with Crippen molar-refractivity contribution in [1.29, 1.82) is 0 Å². The van der Waals surface area contributed by atoms with Crippen molar-refractivity contribution in [2.24, 2.45) is 0 Å². The monoisotopic (exact) mass is 230 g/mol. The van der Waals surface area contributed by atoms with Gasteiger partial charge in [-0.1, -0.05) is 0 Å². The van der Waals surface area contributed by atoms with Crippen LogP contribution in [-0.2, 0) is 11.3 Å². The van der Waals surface area contributed by atoms with Crippen LogP contribution in [0.3, 0.4) is 0 Å². The summed E-state index contributed by atoms with van der Waals surface area (Å²) in [5.41, 5.74) is 1.04. The van der Waals surface area contributed by atoms with Crippen LogP contribution in [0.2, 0.25) is 0 Å². The van der Waals surface area contributed by atoms with Gasteiger partial charge in [-0.05, 0) is 29.3 Å². The molecule has 4 heteroatoms. The zero-order valence-electron chi connectivity index (χ0n) is 6.96. The minimum Gasteiger partial charge on any atom is -0.376 e. The molecule has 1 fully saturated rings. The van der Waals surface area contributed by atoms with Gasteiger partial charge in [-0.2, -0.15) is 0 Å². The van der Waals surface area contributed by atoms with Crippen LogP contribution in [0.15, 0.2) is 10.9 Å². The standard InChI is InChI=1S/C8H11BrN2O/c1-6-8(9)11(5-10-6)4-7-2-3-12-7/h5,7H,2-4H2,1H3. The fourth-order valence-corrected chi connectivity index (χ4v) is 1.58. The number of rotatable bonds is 2. The van der Waals surface area contributed by atoms with Crippen molar-refractivity contribution < 1.29 is 4.74 Å². The van der Waals surface area contributed by atoms with Crippen molar-refractivity contribution in [3.05, 3.63) is 16.6 Å². The number of aromatic nitrogens is 2. The molecule has 12 heavy (non-hydrogen) atoms. The van der Waals surface area contributed by atoms with E-state index >= 15 is 0 Å². The van der Waals surface area contributed by atoms with Crippen molar-refractivity contribution in [2.75, 3.05) is 6.61 Å². The maximum atomic E-state index is 5.33. The van der Waals surface area contributed by atoms with E-state index in [1.165, 1.54) is 6.42 Å². The maximum absolute atomic E-state index is 5.33. The lowest BCUT2D eigenvalue weighted by Crippen LogP contribution is -2.31. The zero-order chi connectivity index (χ0) is 8.55. The number of halogens is 1.